The number of aromatic nitrogens is 1. The van der Waals surface area contributed by atoms with E-state index in [0.29, 0.717) is 0 Å². The molecular weight excluding hydrogens is 270 g/mol. The molecule has 0 bridgehead atoms. The fourth-order valence-electron chi connectivity index (χ4n) is 1.57. The summed E-state index contributed by atoms with van der Waals surface area (Å²) in [4.78, 5) is 14.9. The predicted octanol–water partition coefficient (Wildman–Crippen LogP) is 2.33. The number of nitrogens with zero attached hydrogens (tertiary/aromatic N) is 1. The smallest absolute Gasteiger partial charge is 0.259 e. The Morgan fingerprint density at radius 2 is 2.05 bits per heavy atom. The van der Waals surface area contributed by atoms with Gasteiger partial charge in [0.05, 0.1) is 18.4 Å². The number of hydrogen-bond acceptors (Lipinski definition) is 4. The van der Waals surface area contributed by atoms with E-state index in [-0.39, 0.29) is 22.7 Å². The average Bonchev–Trinajstić information content (AvgIpc) is 2.42. The highest BCUT2D eigenvalue weighted by molar-refractivity contribution is 6.06. The number of carbonyl (C=O) groups is 1. The number of ether oxygens (including phenoxy) is 1. The van der Waals surface area contributed by atoms with Gasteiger partial charge in [0.1, 0.15) is 0 Å². The molecule has 1 heterocycles. The fraction of sp³-hybridized carbons (Fsp3) is 0.0769. The molecule has 0 spiro atoms. The molecule has 0 fully saturated rings. The van der Waals surface area contributed by atoms with Gasteiger partial charge in [0.2, 0.25) is 11.9 Å². The third-order valence-corrected chi connectivity index (χ3v) is 2.53. The number of hydrogen-bond donors (Lipinski definition) is 2. The fourth-order valence-corrected chi connectivity index (χ4v) is 1.57. The Morgan fingerprint density at radius 3 is 2.70 bits per heavy atom. The summed E-state index contributed by atoms with van der Waals surface area (Å²) in [5.74, 6) is -3.18. The van der Waals surface area contributed by atoms with Gasteiger partial charge in [0, 0.05) is 0 Å². The number of phenolic OH excluding ortho intramolecular Hbond substituents is 1. The molecule has 0 saturated heterocycles. The lowest BCUT2D eigenvalue weighted by atomic mass is 10.1. The van der Waals surface area contributed by atoms with E-state index >= 15 is 0 Å². The molecule has 0 radical (unpaired) electrons. The Kier molecular flexibility index (Phi) is 3.79. The predicted molar refractivity (Wildman–Crippen MR) is 66.8 cm³/mol. The summed E-state index contributed by atoms with van der Waals surface area (Å²) in [6.07, 6.45) is 0. The minimum Gasteiger partial charge on any atom is -0.504 e. The monoisotopic (exact) mass is 280 g/mol. The number of anilines is 1. The number of pyridine rings is 1. The maximum atomic E-state index is 13.3. The number of nitrogens with one attached hydrogen (secondary N) is 1. The van der Waals surface area contributed by atoms with Crippen LogP contribution in [-0.4, -0.2) is 23.1 Å². The Morgan fingerprint density at radius 1 is 1.30 bits per heavy atom. The number of halogens is 2. The summed E-state index contributed by atoms with van der Waals surface area (Å²) in [5.41, 5.74) is -0.397. The lowest BCUT2D eigenvalue weighted by Gasteiger charge is -2.09. The molecule has 2 N–H and O–H groups in total. The largest absolute Gasteiger partial charge is 0.504 e. The van der Waals surface area contributed by atoms with Crippen LogP contribution in [0.4, 0.5) is 14.5 Å². The van der Waals surface area contributed by atoms with Crippen molar-refractivity contribution in [3.8, 4) is 11.5 Å². The van der Waals surface area contributed by atoms with Crippen LogP contribution in [0.5, 0.6) is 11.5 Å². The second-order valence-corrected chi connectivity index (χ2v) is 3.78. The van der Waals surface area contributed by atoms with Crippen molar-refractivity contribution in [3.05, 3.63) is 47.8 Å². The van der Waals surface area contributed by atoms with Crippen LogP contribution in [-0.2, 0) is 0 Å². The van der Waals surface area contributed by atoms with Crippen LogP contribution < -0.4 is 10.1 Å². The van der Waals surface area contributed by atoms with E-state index < -0.39 is 17.8 Å². The van der Waals surface area contributed by atoms with Crippen molar-refractivity contribution >= 4 is 11.6 Å². The average molecular weight is 280 g/mol. The van der Waals surface area contributed by atoms with Crippen LogP contribution in [0.1, 0.15) is 10.4 Å². The van der Waals surface area contributed by atoms with Crippen molar-refractivity contribution in [2.45, 2.75) is 0 Å². The van der Waals surface area contributed by atoms with Gasteiger partial charge in [-0.1, -0.05) is 6.07 Å². The zero-order valence-corrected chi connectivity index (χ0v) is 10.4. The number of aromatic hydroxyl groups is 1. The van der Waals surface area contributed by atoms with Crippen molar-refractivity contribution in [1.82, 2.24) is 4.98 Å². The van der Waals surface area contributed by atoms with Crippen molar-refractivity contribution < 1.29 is 23.4 Å². The summed E-state index contributed by atoms with van der Waals surface area (Å²) >= 11 is 0. The Hall–Kier alpha value is -2.70. The highest BCUT2D eigenvalue weighted by Gasteiger charge is 2.16. The third kappa shape index (κ3) is 2.66. The molecule has 7 heteroatoms. The summed E-state index contributed by atoms with van der Waals surface area (Å²) in [5, 5.41) is 12.0. The molecule has 5 nitrogen and oxygen atoms in total. The first-order valence-corrected chi connectivity index (χ1v) is 5.52. The van der Waals surface area contributed by atoms with E-state index in [1.54, 1.807) is 0 Å². The summed E-state index contributed by atoms with van der Waals surface area (Å²) in [6, 6.07) is 6.23. The quantitative estimate of drug-likeness (QED) is 0.846. The number of para-hydroxylation sites is 1. The van der Waals surface area contributed by atoms with Crippen LogP contribution >= 0.6 is 0 Å². The molecule has 2 rings (SSSR count). The number of phenols is 1. The van der Waals surface area contributed by atoms with E-state index in [4.69, 9.17) is 4.74 Å². The van der Waals surface area contributed by atoms with Crippen molar-refractivity contribution in [3.63, 3.8) is 0 Å². The van der Waals surface area contributed by atoms with Crippen LogP contribution in [0.25, 0.3) is 0 Å². The minimum absolute atomic E-state index is 0.104. The molecular formula is C13H10F2N2O3. The van der Waals surface area contributed by atoms with E-state index in [1.165, 1.54) is 25.3 Å². The van der Waals surface area contributed by atoms with Gasteiger partial charge in [-0.05, 0) is 24.3 Å². The normalized spacial score (nSPS) is 10.2. The van der Waals surface area contributed by atoms with Gasteiger partial charge in [-0.2, -0.15) is 13.8 Å². The number of rotatable bonds is 3. The van der Waals surface area contributed by atoms with Gasteiger partial charge in [-0.3, -0.25) is 4.79 Å². The zero-order valence-electron chi connectivity index (χ0n) is 10.4. The standard InChI is InChI=1S/C13H10F2N2O3/c1-20-9-4-2-3-7(11(9)18)13(19)16-8-5-6-10(14)17-12(8)15/h2-6,18H,1H3,(H,16,19). The van der Waals surface area contributed by atoms with Gasteiger partial charge in [0.25, 0.3) is 5.91 Å². The molecule has 1 amide bonds. The van der Waals surface area contributed by atoms with Gasteiger partial charge in [-0.25, -0.2) is 0 Å². The molecule has 2 aromatic rings. The first-order chi connectivity index (χ1) is 9.52. The summed E-state index contributed by atoms with van der Waals surface area (Å²) < 4.78 is 30.8. The third-order valence-electron chi connectivity index (χ3n) is 2.53. The maximum absolute atomic E-state index is 13.3. The van der Waals surface area contributed by atoms with Crippen LogP contribution in [0, 0.1) is 11.9 Å². The van der Waals surface area contributed by atoms with Crippen molar-refractivity contribution in [2.75, 3.05) is 12.4 Å². The van der Waals surface area contributed by atoms with E-state index in [0.717, 1.165) is 12.1 Å². The summed E-state index contributed by atoms with van der Waals surface area (Å²) in [7, 11) is 1.33. The molecule has 104 valence electrons. The van der Waals surface area contributed by atoms with Crippen molar-refractivity contribution in [1.29, 1.82) is 0 Å². The number of benzene rings is 1. The molecule has 0 aliphatic carbocycles. The molecule has 1 aromatic carbocycles. The molecule has 20 heavy (non-hydrogen) atoms. The first-order valence-electron chi connectivity index (χ1n) is 5.52. The molecule has 0 aliphatic heterocycles. The second kappa shape index (κ2) is 5.52. The summed E-state index contributed by atoms with van der Waals surface area (Å²) in [6.45, 7) is 0. The highest BCUT2D eigenvalue weighted by atomic mass is 19.1. The van der Waals surface area contributed by atoms with Gasteiger partial charge in [-0.15, -0.1) is 0 Å². The molecule has 0 aliphatic rings. The lowest BCUT2D eigenvalue weighted by Crippen LogP contribution is -2.14. The number of amides is 1. The van der Waals surface area contributed by atoms with Crippen molar-refractivity contribution in [2.24, 2.45) is 0 Å². The van der Waals surface area contributed by atoms with E-state index in [9.17, 15) is 18.7 Å². The lowest BCUT2D eigenvalue weighted by molar-refractivity contribution is 0.102. The highest BCUT2D eigenvalue weighted by Crippen LogP contribution is 2.29. The Balaban J connectivity index is 2.28. The van der Waals surface area contributed by atoms with Gasteiger partial charge < -0.3 is 15.2 Å². The molecule has 1 aromatic heterocycles. The Labute approximate surface area is 112 Å². The van der Waals surface area contributed by atoms with E-state index in [1.807, 2.05) is 0 Å². The second-order valence-electron chi connectivity index (χ2n) is 3.78. The number of carbonyl (C=O) groups excluding carboxylic acids is 1. The SMILES string of the molecule is COc1cccc(C(=O)Nc2ccc(F)nc2F)c1O. The van der Waals surface area contributed by atoms with Crippen LogP contribution in [0.15, 0.2) is 30.3 Å². The molecule has 0 unspecified atom stereocenters. The van der Waals surface area contributed by atoms with Gasteiger partial charge >= 0.3 is 0 Å². The maximum Gasteiger partial charge on any atom is 0.259 e. The van der Waals surface area contributed by atoms with Crippen LogP contribution in [0.2, 0.25) is 0 Å². The van der Waals surface area contributed by atoms with Crippen LogP contribution in [0.3, 0.4) is 0 Å². The molecule has 0 atom stereocenters. The Bertz CT molecular complexity index is 662. The van der Waals surface area contributed by atoms with Gasteiger partial charge in [0.15, 0.2) is 11.5 Å². The minimum atomic E-state index is -1.15. The number of methoxy groups -OCH3 is 1. The van der Waals surface area contributed by atoms with E-state index in [2.05, 4.69) is 10.3 Å². The molecule has 0 saturated carbocycles. The topological polar surface area (TPSA) is 71.5 Å². The zero-order chi connectivity index (χ0) is 14.7. The first kappa shape index (κ1) is 13.7.